The highest BCUT2D eigenvalue weighted by atomic mass is 19.1. The number of halogens is 1. The molecular weight excluding hydrogens is 339 g/mol. The molecule has 0 amide bonds. The highest BCUT2D eigenvalue weighted by Crippen LogP contribution is 2.35. The zero-order chi connectivity index (χ0) is 19.2. The Morgan fingerprint density at radius 1 is 1.46 bits per heavy atom. The zero-order valence-electron chi connectivity index (χ0n) is 15.6. The molecule has 1 aliphatic carbocycles. The molecule has 1 fully saturated rings. The van der Waals surface area contributed by atoms with Crippen molar-refractivity contribution in [2.45, 2.75) is 64.5 Å². The number of hydrogen-bond donors (Lipinski definition) is 1. The van der Waals surface area contributed by atoms with E-state index in [4.69, 9.17) is 4.74 Å². The fourth-order valence-corrected chi connectivity index (χ4v) is 3.65. The number of fused-ring (bicyclic) bond motifs is 1. The van der Waals surface area contributed by atoms with Crippen LogP contribution in [0.25, 0.3) is 0 Å². The van der Waals surface area contributed by atoms with Crippen LogP contribution in [0.3, 0.4) is 0 Å². The number of rotatable bonds is 4. The molecule has 0 radical (unpaired) electrons. The van der Waals surface area contributed by atoms with Crippen LogP contribution in [0, 0.1) is 5.92 Å². The van der Waals surface area contributed by atoms with Crippen molar-refractivity contribution in [3.05, 3.63) is 33.2 Å². The van der Waals surface area contributed by atoms with Crippen molar-refractivity contribution in [1.82, 2.24) is 4.57 Å². The van der Waals surface area contributed by atoms with E-state index in [9.17, 15) is 19.1 Å². The van der Waals surface area contributed by atoms with Crippen LogP contribution in [-0.4, -0.2) is 33.6 Å². The van der Waals surface area contributed by atoms with E-state index in [1.54, 1.807) is 20.0 Å². The van der Waals surface area contributed by atoms with Gasteiger partial charge in [-0.3, -0.25) is 9.79 Å². The summed E-state index contributed by atoms with van der Waals surface area (Å²) >= 11 is 0. The molecule has 0 bridgehead atoms. The standard InChI is InChI=1S/C19H25FN2O4/c1-5-14(21-15-8-13(20)10(15)3)16-7-12-11(17(23)22(16)4)9-26-18(24)19(12,25)6-2/h7,10,13,15,25H,5-6,8-9H2,1-4H3/t10?,13?,15-,19+/m1/s1. The topological polar surface area (TPSA) is 80.9 Å². The van der Waals surface area contributed by atoms with E-state index in [-0.39, 0.29) is 36.1 Å². The molecule has 4 atom stereocenters. The largest absolute Gasteiger partial charge is 0.458 e. The zero-order valence-corrected chi connectivity index (χ0v) is 15.6. The number of alkyl halides is 1. The molecule has 3 rings (SSSR count). The predicted octanol–water partition coefficient (Wildman–Crippen LogP) is 1.99. The average Bonchev–Trinajstić information content (AvgIpc) is 2.64. The molecule has 1 aromatic rings. The molecule has 0 saturated heterocycles. The van der Waals surface area contributed by atoms with Gasteiger partial charge in [-0.15, -0.1) is 0 Å². The van der Waals surface area contributed by atoms with Crippen molar-refractivity contribution < 1.29 is 19.0 Å². The van der Waals surface area contributed by atoms with Crippen molar-refractivity contribution in [1.29, 1.82) is 0 Å². The van der Waals surface area contributed by atoms with Crippen LogP contribution in [0.15, 0.2) is 15.9 Å². The van der Waals surface area contributed by atoms with Crippen molar-refractivity contribution in [3.8, 4) is 0 Å². The van der Waals surface area contributed by atoms with Gasteiger partial charge < -0.3 is 14.4 Å². The van der Waals surface area contributed by atoms with Crippen LogP contribution >= 0.6 is 0 Å². The van der Waals surface area contributed by atoms with Gasteiger partial charge in [-0.2, -0.15) is 0 Å². The Balaban J connectivity index is 2.14. The van der Waals surface area contributed by atoms with Gasteiger partial charge in [0.15, 0.2) is 5.60 Å². The summed E-state index contributed by atoms with van der Waals surface area (Å²) in [6.45, 7) is 5.26. The first kappa shape index (κ1) is 18.8. The summed E-state index contributed by atoms with van der Waals surface area (Å²) in [6, 6.07) is 1.56. The number of esters is 1. The minimum Gasteiger partial charge on any atom is -0.458 e. The van der Waals surface area contributed by atoms with Crippen LogP contribution in [0.2, 0.25) is 0 Å². The highest BCUT2D eigenvalue weighted by Gasteiger charge is 2.45. The summed E-state index contributed by atoms with van der Waals surface area (Å²) in [5, 5.41) is 10.8. The van der Waals surface area contributed by atoms with E-state index < -0.39 is 17.7 Å². The number of aliphatic hydroxyl groups is 1. The number of aromatic nitrogens is 1. The maximum absolute atomic E-state index is 13.5. The second-order valence-corrected chi connectivity index (χ2v) is 7.18. The summed E-state index contributed by atoms with van der Waals surface area (Å²) in [5.74, 6) is -0.886. The summed E-state index contributed by atoms with van der Waals surface area (Å²) in [7, 11) is 1.63. The van der Waals surface area contributed by atoms with Gasteiger partial charge in [0.05, 0.1) is 23.0 Å². The molecule has 1 aliphatic heterocycles. The molecule has 1 aromatic heterocycles. The number of ether oxygens (including phenoxy) is 1. The second kappa shape index (κ2) is 6.61. The molecule has 1 N–H and O–H groups in total. The lowest BCUT2D eigenvalue weighted by atomic mass is 9.79. The lowest BCUT2D eigenvalue weighted by Crippen LogP contribution is -2.45. The summed E-state index contributed by atoms with van der Waals surface area (Å²) in [4.78, 5) is 29.6. The average molecular weight is 364 g/mol. The third kappa shape index (κ3) is 2.69. The molecule has 0 aromatic carbocycles. The van der Waals surface area contributed by atoms with Crippen LogP contribution < -0.4 is 5.56 Å². The van der Waals surface area contributed by atoms with Crippen LogP contribution in [0.1, 0.15) is 56.9 Å². The SMILES string of the molecule is CCC(=N[C@@H]1CC(F)C1C)c1cc2c(c(=O)n1C)COC(=O)[C@]2(O)CC. The van der Waals surface area contributed by atoms with Gasteiger partial charge in [0.1, 0.15) is 12.8 Å². The minimum atomic E-state index is -1.83. The summed E-state index contributed by atoms with van der Waals surface area (Å²) in [6.07, 6.45) is 0.206. The molecule has 142 valence electrons. The van der Waals surface area contributed by atoms with E-state index in [1.165, 1.54) is 4.57 Å². The molecule has 26 heavy (non-hydrogen) atoms. The first-order chi connectivity index (χ1) is 12.2. The first-order valence-corrected chi connectivity index (χ1v) is 9.08. The number of pyridine rings is 1. The van der Waals surface area contributed by atoms with Gasteiger partial charge in [0.2, 0.25) is 0 Å². The highest BCUT2D eigenvalue weighted by molar-refractivity contribution is 5.99. The van der Waals surface area contributed by atoms with Gasteiger partial charge in [-0.1, -0.05) is 20.8 Å². The van der Waals surface area contributed by atoms with E-state index in [1.807, 2.05) is 13.8 Å². The van der Waals surface area contributed by atoms with Gasteiger partial charge >= 0.3 is 5.97 Å². The number of cyclic esters (lactones) is 1. The molecule has 2 aliphatic rings. The normalized spacial score (nSPS) is 31.2. The van der Waals surface area contributed by atoms with Gasteiger partial charge in [0, 0.05) is 24.9 Å². The first-order valence-electron chi connectivity index (χ1n) is 9.08. The quantitative estimate of drug-likeness (QED) is 0.654. The number of carbonyl (C=O) groups is 1. The lowest BCUT2D eigenvalue weighted by Gasteiger charge is -2.35. The summed E-state index contributed by atoms with van der Waals surface area (Å²) < 4.78 is 19.9. The minimum absolute atomic E-state index is 0.104. The monoisotopic (exact) mass is 364 g/mol. The Morgan fingerprint density at radius 3 is 2.69 bits per heavy atom. The molecular formula is C19H25FN2O4. The number of aliphatic imine (C=N–C) groups is 1. The Bertz CT molecular complexity index is 832. The Morgan fingerprint density at radius 2 is 2.15 bits per heavy atom. The van der Waals surface area contributed by atoms with E-state index in [2.05, 4.69) is 4.99 Å². The molecule has 2 unspecified atom stereocenters. The summed E-state index contributed by atoms with van der Waals surface area (Å²) in [5.41, 5.74) is -0.344. The van der Waals surface area contributed by atoms with Crippen molar-refractivity contribution in [3.63, 3.8) is 0 Å². The van der Waals surface area contributed by atoms with Crippen molar-refractivity contribution in [2.75, 3.05) is 0 Å². The van der Waals surface area contributed by atoms with Crippen LogP contribution in [0.4, 0.5) is 4.39 Å². The van der Waals surface area contributed by atoms with Gasteiger partial charge in [-0.25, -0.2) is 9.18 Å². The lowest BCUT2D eigenvalue weighted by molar-refractivity contribution is -0.172. The smallest absolute Gasteiger partial charge is 0.343 e. The van der Waals surface area contributed by atoms with Gasteiger partial charge in [-0.05, 0) is 18.9 Å². The Kier molecular flexibility index (Phi) is 4.77. The number of nitrogens with zero attached hydrogens (tertiary/aromatic N) is 2. The molecule has 6 nitrogen and oxygen atoms in total. The van der Waals surface area contributed by atoms with E-state index in [0.29, 0.717) is 29.8 Å². The number of carbonyl (C=O) groups excluding carboxylic acids is 1. The van der Waals surface area contributed by atoms with Gasteiger partial charge in [0.25, 0.3) is 5.56 Å². The third-order valence-corrected chi connectivity index (χ3v) is 5.77. The fourth-order valence-electron chi connectivity index (χ4n) is 3.65. The van der Waals surface area contributed by atoms with Crippen molar-refractivity contribution in [2.24, 2.45) is 18.0 Å². The van der Waals surface area contributed by atoms with E-state index >= 15 is 0 Å². The molecule has 0 spiro atoms. The van der Waals surface area contributed by atoms with Crippen LogP contribution in [-0.2, 0) is 28.8 Å². The van der Waals surface area contributed by atoms with Crippen LogP contribution in [0.5, 0.6) is 0 Å². The third-order valence-electron chi connectivity index (χ3n) is 5.77. The maximum atomic E-state index is 13.5. The molecule has 2 heterocycles. The molecule has 1 saturated carbocycles. The fraction of sp³-hybridized carbons (Fsp3) is 0.632. The second-order valence-electron chi connectivity index (χ2n) is 7.18. The Labute approximate surface area is 151 Å². The molecule has 7 heteroatoms. The Hall–Kier alpha value is -2.02. The van der Waals surface area contributed by atoms with E-state index in [0.717, 1.165) is 0 Å². The van der Waals surface area contributed by atoms with Crippen molar-refractivity contribution >= 4 is 11.7 Å². The predicted molar refractivity (Wildman–Crippen MR) is 95.0 cm³/mol. The number of hydrogen-bond acceptors (Lipinski definition) is 5. The maximum Gasteiger partial charge on any atom is 0.343 e.